The van der Waals surface area contributed by atoms with E-state index < -0.39 is 0 Å². The molecule has 0 unspecified atom stereocenters. The fourth-order valence-electron chi connectivity index (χ4n) is 2.20. The van der Waals surface area contributed by atoms with Crippen molar-refractivity contribution in [3.63, 3.8) is 0 Å². The van der Waals surface area contributed by atoms with Crippen LogP contribution in [0.2, 0.25) is 0 Å². The van der Waals surface area contributed by atoms with Crippen LogP contribution in [-0.2, 0) is 6.54 Å². The Balaban J connectivity index is 2.10. The summed E-state index contributed by atoms with van der Waals surface area (Å²) in [6, 6.07) is 15.0. The zero-order chi connectivity index (χ0) is 13.9. The number of rotatable bonds is 2. The number of pyridine rings is 2. The van der Waals surface area contributed by atoms with Gasteiger partial charge in [-0.3, -0.25) is 4.79 Å². The van der Waals surface area contributed by atoms with Gasteiger partial charge in [0, 0.05) is 23.3 Å². The molecule has 0 radical (unpaired) electrons. The molecule has 2 aromatic heterocycles. The monoisotopic (exact) mass is 261 g/mol. The van der Waals surface area contributed by atoms with Gasteiger partial charge in [0.05, 0.1) is 6.54 Å². The molecule has 0 N–H and O–H groups in total. The van der Waals surface area contributed by atoms with Crippen LogP contribution in [0, 0.1) is 11.3 Å². The van der Waals surface area contributed by atoms with Gasteiger partial charge in [-0.15, -0.1) is 0 Å². The average Bonchev–Trinajstić information content (AvgIpc) is 2.51. The highest BCUT2D eigenvalue weighted by Crippen LogP contribution is 2.10. The minimum absolute atomic E-state index is 0.0594. The lowest BCUT2D eigenvalue weighted by molar-refractivity contribution is 0.762. The molecular weight excluding hydrogens is 250 g/mol. The third kappa shape index (κ3) is 2.06. The minimum Gasteiger partial charge on any atom is -0.310 e. The van der Waals surface area contributed by atoms with Gasteiger partial charge in [0.2, 0.25) is 0 Å². The second-order valence-corrected chi connectivity index (χ2v) is 4.46. The Morgan fingerprint density at radius 1 is 1.15 bits per heavy atom. The molecule has 1 aromatic carbocycles. The molecule has 0 spiro atoms. The number of benzene rings is 1. The zero-order valence-electron chi connectivity index (χ0n) is 10.7. The first-order chi connectivity index (χ1) is 9.79. The Hall–Kier alpha value is -2.93. The number of nitriles is 1. The van der Waals surface area contributed by atoms with Crippen molar-refractivity contribution in [3.8, 4) is 6.07 Å². The summed E-state index contributed by atoms with van der Waals surface area (Å²) in [7, 11) is 0. The predicted molar refractivity (Wildman–Crippen MR) is 76.3 cm³/mol. The van der Waals surface area contributed by atoms with Gasteiger partial charge < -0.3 is 4.57 Å². The summed E-state index contributed by atoms with van der Waals surface area (Å²) in [6.07, 6.45) is 3.32. The summed E-state index contributed by atoms with van der Waals surface area (Å²) in [4.78, 5) is 16.4. The molecule has 2 heterocycles. The van der Waals surface area contributed by atoms with E-state index in [-0.39, 0.29) is 5.56 Å². The third-order valence-corrected chi connectivity index (χ3v) is 3.22. The summed E-state index contributed by atoms with van der Waals surface area (Å²) >= 11 is 0. The van der Waals surface area contributed by atoms with Gasteiger partial charge in [-0.2, -0.15) is 5.26 Å². The van der Waals surface area contributed by atoms with Crippen molar-refractivity contribution in [2.75, 3.05) is 0 Å². The molecule has 0 aliphatic rings. The van der Waals surface area contributed by atoms with Gasteiger partial charge in [0.1, 0.15) is 11.8 Å². The van der Waals surface area contributed by atoms with E-state index in [9.17, 15) is 4.79 Å². The lowest BCUT2D eigenvalue weighted by atomic mass is 10.1. The summed E-state index contributed by atoms with van der Waals surface area (Å²) in [6.45, 7) is 0.348. The Labute approximate surface area is 115 Å². The highest BCUT2D eigenvalue weighted by molar-refractivity contribution is 5.81. The molecule has 0 saturated heterocycles. The van der Waals surface area contributed by atoms with Crippen molar-refractivity contribution in [3.05, 3.63) is 76.5 Å². The van der Waals surface area contributed by atoms with E-state index in [1.54, 1.807) is 23.0 Å². The first kappa shape index (κ1) is 12.1. The van der Waals surface area contributed by atoms with Crippen molar-refractivity contribution in [1.82, 2.24) is 9.55 Å². The van der Waals surface area contributed by atoms with Crippen LogP contribution in [0.5, 0.6) is 0 Å². The smallest absolute Gasteiger partial charge is 0.258 e. The summed E-state index contributed by atoms with van der Waals surface area (Å²) in [5.74, 6) is 0. The van der Waals surface area contributed by atoms with Crippen LogP contribution >= 0.6 is 0 Å². The first-order valence-corrected chi connectivity index (χ1v) is 6.22. The molecule has 0 saturated carbocycles. The maximum absolute atomic E-state index is 12.4. The van der Waals surface area contributed by atoms with E-state index in [1.807, 2.05) is 42.5 Å². The van der Waals surface area contributed by atoms with Crippen LogP contribution in [0.15, 0.2) is 59.7 Å². The topological polar surface area (TPSA) is 58.7 Å². The molecule has 0 fully saturated rings. The Morgan fingerprint density at radius 2 is 2.00 bits per heavy atom. The number of fused-ring (bicyclic) bond motifs is 1. The van der Waals surface area contributed by atoms with Gasteiger partial charge in [-0.1, -0.05) is 24.3 Å². The summed E-state index contributed by atoms with van der Waals surface area (Å²) in [5, 5.41) is 10.6. The van der Waals surface area contributed by atoms with Crippen molar-refractivity contribution in [1.29, 1.82) is 5.26 Å². The third-order valence-electron chi connectivity index (χ3n) is 3.22. The average molecular weight is 261 g/mol. The maximum atomic E-state index is 12.4. The van der Waals surface area contributed by atoms with E-state index in [2.05, 4.69) is 4.98 Å². The molecule has 0 aliphatic heterocycles. The van der Waals surface area contributed by atoms with E-state index >= 15 is 0 Å². The Kier molecular flexibility index (Phi) is 3.02. The van der Waals surface area contributed by atoms with E-state index in [0.717, 1.165) is 10.9 Å². The van der Waals surface area contributed by atoms with Crippen molar-refractivity contribution in [2.24, 2.45) is 0 Å². The van der Waals surface area contributed by atoms with Gasteiger partial charge in [-0.05, 0) is 23.6 Å². The van der Waals surface area contributed by atoms with Crippen molar-refractivity contribution >= 4 is 10.8 Å². The van der Waals surface area contributed by atoms with Crippen molar-refractivity contribution < 1.29 is 0 Å². The Morgan fingerprint density at radius 3 is 2.85 bits per heavy atom. The quantitative estimate of drug-likeness (QED) is 0.711. The Bertz CT molecular complexity index is 875. The van der Waals surface area contributed by atoms with Gasteiger partial charge in [-0.25, -0.2) is 4.98 Å². The molecule has 4 nitrogen and oxygen atoms in total. The SMILES string of the molecule is N#Cc1ncccc1Cn1ccc2ccccc2c1=O. The standard InChI is InChI=1S/C16H11N3O/c17-10-15-13(5-3-8-18-15)11-19-9-7-12-4-1-2-6-14(12)16(19)20/h1-9H,11H2. The fourth-order valence-corrected chi connectivity index (χ4v) is 2.20. The van der Waals surface area contributed by atoms with E-state index in [0.29, 0.717) is 17.6 Å². The lowest BCUT2D eigenvalue weighted by Gasteiger charge is -2.08. The number of hydrogen-bond acceptors (Lipinski definition) is 3. The molecule has 0 amide bonds. The molecule has 0 aliphatic carbocycles. The fraction of sp³-hybridized carbons (Fsp3) is 0.0625. The maximum Gasteiger partial charge on any atom is 0.258 e. The molecular formula is C16H11N3O. The normalized spacial score (nSPS) is 10.3. The van der Waals surface area contributed by atoms with Crippen LogP contribution in [-0.4, -0.2) is 9.55 Å². The number of nitrogens with zero attached hydrogens (tertiary/aromatic N) is 3. The van der Waals surface area contributed by atoms with Crippen LogP contribution in [0.4, 0.5) is 0 Å². The molecule has 0 bridgehead atoms. The van der Waals surface area contributed by atoms with Crippen LogP contribution in [0.3, 0.4) is 0 Å². The lowest BCUT2D eigenvalue weighted by Crippen LogP contribution is -2.20. The second kappa shape index (κ2) is 4.98. The van der Waals surface area contributed by atoms with E-state index in [4.69, 9.17) is 5.26 Å². The molecule has 96 valence electrons. The zero-order valence-corrected chi connectivity index (χ0v) is 10.7. The molecule has 3 aromatic rings. The van der Waals surface area contributed by atoms with Crippen LogP contribution in [0.25, 0.3) is 10.8 Å². The largest absolute Gasteiger partial charge is 0.310 e. The highest BCUT2D eigenvalue weighted by Gasteiger charge is 2.06. The minimum atomic E-state index is -0.0594. The van der Waals surface area contributed by atoms with Crippen LogP contribution < -0.4 is 5.56 Å². The molecule has 0 atom stereocenters. The highest BCUT2D eigenvalue weighted by atomic mass is 16.1. The predicted octanol–water partition coefficient (Wildman–Crippen LogP) is 2.32. The van der Waals surface area contributed by atoms with E-state index in [1.165, 1.54) is 0 Å². The van der Waals surface area contributed by atoms with Gasteiger partial charge in [0.25, 0.3) is 5.56 Å². The summed E-state index contributed by atoms with van der Waals surface area (Å²) in [5.41, 5.74) is 1.04. The first-order valence-electron chi connectivity index (χ1n) is 6.22. The molecule has 4 heteroatoms. The van der Waals surface area contributed by atoms with Crippen LogP contribution in [0.1, 0.15) is 11.3 Å². The van der Waals surface area contributed by atoms with Crippen molar-refractivity contribution in [2.45, 2.75) is 6.54 Å². The number of aromatic nitrogens is 2. The molecule has 3 rings (SSSR count). The van der Waals surface area contributed by atoms with Gasteiger partial charge in [0.15, 0.2) is 0 Å². The second-order valence-electron chi connectivity index (χ2n) is 4.46. The molecule has 20 heavy (non-hydrogen) atoms. The number of hydrogen-bond donors (Lipinski definition) is 0. The van der Waals surface area contributed by atoms with Gasteiger partial charge >= 0.3 is 0 Å². The summed E-state index contributed by atoms with van der Waals surface area (Å²) < 4.78 is 1.60.